The van der Waals surface area contributed by atoms with Crippen LogP contribution in [-0.4, -0.2) is 22.0 Å². The molecule has 2 heterocycles. The van der Waals surface area contributed by atoms with Gasteiger partial charge in [-0.2, -0.15) is 0 Å². The maximum Gasteiger partial charge on any atom is 0.269 e. The first kappa shape index (κ1) is 13.8. The van der Waals surface area contributed by atoms with E-state index < -0.39 is 0 Å². The summed E-state index contributed by atoms with van der Waals surface area (Å²) in [6, 6.07) is 13.5. The molecular formula is C16H14BrN3O. The lowest BCUT2D eigenvalue weighted by Crippen LogP contribution is -2.27. The average molecular weight is 344 g/mol. The molecule has 106 valence electrons. The summed E-state index contributed by atoms with van der Waals surface area (Å²) in [5.74, 6) is -0.145. The predicted octanol–water partition coefficient (Wildman–Crippen LogP) is 3.23. The van der Waals surface area contributed by atoms with Crippen LogP contribution in [0, 0.1) is 0 Å². The fourth-order valence-corrected chi connectivity index (χ4v) is 2.58. The monoisotopic (exact) mass is 343 g/mol. The third kappa shape index (κ3) is 3.13. The molecule has 1 amide bonds. The summed E-state index contributed by atoms with van der Waals surface area (Å²) in [5, 5.41) is 4.07. The second-order valence-corrected chi connectivity index (χ2v) is 5.60. The Balaban J connectivity index is 1.65. The molecular weight excluding hydrogens is 330 g/mol. The maximum atomic E-state index is 11.9. The van der Waals surface area contributed by atoms with Crippen LogP contribution in [-0.2, 0) is 6.54 Å². The van der Waals surface area contributed by atoms with Crippen LogP contribution in [0.15, 0.2) is 59.3 Å². The van der Waals surface area contributed by atoms with Gasteiger partial charge in [0.05, 0.1) is 0 Å². The number of aromatic nitrogens is 2. The quantitative estimate of drug-likeness (QED) is 0.790. The van der Waals surface area contributed by atoms with Crippen molar-refractivity contribution < 1.29 is 4.79 Å². The maximum absolute atomic E-state index is 11.9. The standard InChI is InChI=1S/C16H14BrN3O/c17-13-5-4-12-6-9-20(15(12)11-13)10-8-19-16(21)14-3-1-2-7-18-14/h1-7,9,11H,8,10H2,(H,19,21). The number of hydrogen-bond acceptors (Lipinski definition) is 2. The van der Waals surface area contributed by atoms with Gasteiger partial charge in [-0.1, -0.05) is 28.1 Å². The highest BCUT2D eigenvalue weighted by Crippen LogP contribution is 2.20. The minimum absolute atomic E-state index is 0.145. The van der Waals surface area contributed by atoms with Crippen molar-refractivity contribution in [3.63, 3.8) is 0 Å². The number of carbonyl (C=O) groups excluding carboxylic acids is 1. The van der Waals surface area contributed by atoms with Crippen molar-refractivity contribution in [2.45, 2.75) is 6.54 Å². The Kier molecular flexibility index (Phi) is 4.01. The fourth-order valence-electron chi connectivity index (χ4n) is 2.23. The molecule has 0 bridgehead atoms. The molecule has 0 aliphatic rings. The molecule has 21 heavy (non-hydrogen) atoms. The first-order chi connectivity index (χ1) is 10.2. The van der Waals surface area contributed by atoms with E-state index in [1.165, 1.54) is 5.39 Å². The van der Waals surface area contributed by atoms with Gasteiger partial charge in [0, 0.05) is 35.5 Å². The number of nitrogens with one attached hydrogen (secondary N) is 1. The average Bonchev–Trinajstić information content (AvgIpc) is 2.90. The first-order valence-corrected chi connectivity index (χ1v) is 7.47. The van der Waals surface area contributed by atoms with Gasteiger partial charge in [0.15, 0.2) is 0 Å². The number of pyridine rings is 1. The van der Waals surface area contributed by atoms with E-state index in [1.54, 1.807) is 24.4 Å². The van der Waals surface area contributed by atoms with Crippen LogP contribution in [0.25, 0.3) is 10.9 Å². The third-order valence-corrected chi connectivity index (χ3v) is 3.76. The van der Waals surface area contributed by atoms with Crippen LogP contribution in [0.1, 0.15) is 10.5 Å². The number of halogens is 1. The van der Waals surface area contributed by atoms with Crippen molar-refractivity contribution >= 4 is 32.7 Å². The summed E-state index contributed by atoms with van der Waals surface area (Å²) in [6.45, 7) is 1.28. The number of amides is 1. The van der Waals surface area contributed by atoms with Crippen LogP contribution in [0.5, 0.6) is 0 Å². The highest BCUT2D eigenvalue weighted by molar-refractivity contribution is 9.10. The van der Waals surface area contributed by atoms with E-state index in [4.69, 9.17) is 0 Å². The summed E-state index contributed by atoms with van der Waals surface area (Å²) in [7, 11) is 0. The molecule has 3 rings (SSSR count). The van der Waals surface area contributed by atoms with Gasteiger partial charge in [0.2, 0.25) is 0 Å². The van der Waals surface area contributed by atoms with Gasteiger partial charge in [-0.3, -0.25) is 9.78 Å². The lowest BCUT2D eigenvalue weighted by molar-refractivity contribution is 0.0947. The number of nitrogens with zero attached hydrogens (tertiary/aromatic N) is 2. The zero-order chi connectivity index (χ0) is 14.7. The van der Waals surface area contributed by atoms with Crippen LogP contribution >= 0.6 is 15.9 Å². The Morgan fingerprint density at radius 1 is 1.24 bits per heavy atom. The topological polar surface area (TPSA) is 46.9 Å². The summed E-state index contributed by atoms with van der Waals surface area (Å²) < 4.78 is 3.17. The van der Waals surface area contributed by atoms with E-state index in [-0.39, 0.29) is 5.91 Å². The molecule has 3 aromatic rings. The molecule has 0 atom stereocenters. The molecule has 1 N–H and O–H groups in total. The van der Waals surface area contributed by atoms with Crippen LogP contribution in [0.2, 0.25) is 0 Å². The molecule has 4 nitrogen and oxygen atoms in total. The molecule has 2 aromatic heterocycles. The number of benzene rings is 1. The van der Waals surface area contributed by atoms with Crippen molar-refractivity contribution in [3.8, 4) is 0 Å². The minimum atomic E-state index is -0.145. The van der Waals surface area contributed by atoms with E-state index in [0.29, 0.717) is 12.2 Å². The Bertz CT molecular complexity index is 768. The lowest BCUT2D eigenvalue weighted by atomic mass is 10.2. The lowest BCUT2D eigenvalue weighted by Gasteiger charge is -2.07. The molecule has 0 radical (unpaired) electrons. The molecule has 0 saturated carbocycles. The SMILES string of the molecule is O=C(NCCn1ccc2ccc(Br)cc21)c1ccccn1. The van der Waals surface area contributed by atoms with Crippen molar-refractivity contribution in [2.75, 3.05) is 6.54 Å². The zero-order valence-electron chi connectivity index (χ0n) is 11.3. The molecule has 0 saturated heterocycles. The highest BCUT2D eigenvalue weighted by atomic mass is 79.9. The fraction of sp³-hybridized carbons (Fsp3) is 0.125. The third-order valence-electron chi connectivity index (χ3n) is 3.27. The zero-order valence-corrected chi connectivity index (χ0v) is 12.9. The van der Waals surface area contributed by atoms with Gasteiger partial charge >= 0.3 is 0 Å². The van der Waals surface area contributed by atoms with Crippen LogP contribution < -0.4 is 5.32 Å². The second-order valence-electron chi connectivity index (χ2n) is 4.68. The van der Waals surface area contributed by atoms with Crippen molar-refractivity contribution in [3.05, 3.63) is 65.0 Å². The smallest absolute Gasteiger partial charge is 0.269 e. The van der Waals surface area contributed by atoms with E-state index >= 15 is 0 Å². The molecule has 0 aliphatic carbocycles. The highest BCUT2D eigenvalue weighted by Gasteiger charge is 2.06. The van der Waals surface area contributed by atoms with Crippen molar-refractivity contribution in [2.24, 2.45) is 0 Å². The van der Waals surface area contributed by atoms with E-state index in [9.17, 15) is 4.79 Å². The number of hydrogen-bond donors (Lipinski definition) is 1. The molecule has 0 aliphatic heterocycles. The van der Waals surface area contributed by atoms with Gasteiger partial charge in [-0.15, -0.1) is 0 Å². The largest absolute Gasteiger partial charge is 0.349 e. The van der Waals surface area contributed by atoms with Crippen molar-refractivity contribution in [1.29, 1.82) is 0 Å². The van der Waals surface area contributed by atoms with Gasteiger partial charge in [-0.05, 0) is 35.7 Å². The Morgan fingerprint density at radius 2 is 2.14 bits per heavy atom. The Morgan fingerprint density at radius 3 is 2.95 bits per heavy atom. The minimum Gasteiger partial charge on any atom is -0.349 e. The number of rotatable bonds is 4. The summed E-state index contributed by atoms with van der Waals surface area (Å²) in [6.07, 6.45) is 3.65. The Hall–Kier alpha value is -2.14. The predicted molar refractivity (Wildman–Crippen MR) is 86.2 cm³/mol. The van der Waals surface area contributed by atoms with E-state index in [2.05, 4.69) is 49.0 Å². The molecule has 5 heteroatoms. The molecule has 0 fully saturated rings. The van der Waals surface area contributed by atoms with Gasteiger partial charge in [0.25, 0.3) is 5.91 Å². The van der Waals surface area contributed by atoms with Crippen LogP contribution in [0.4, 0.5) is 0 Å². The normalized spacial score (nSPS) is 10.7. The summed E-state index contributed by atoms with van der Waals surface area (Å²) >= 11 is 3.48. The summed E-state index contributed by atoms with van der Waals surface area (Å²) in [4.78, 5) is 15.9. The van der Waals surface area contributed by atoms with Crippen molar-refractivity contribution in [1.82, 2.24) is 14.9 Å². The van der Waals surface area contributed by atoms with Gasteiger partial charge in [-0.25, -0.2) is 0 Å². The number of carbonyl (C=O) groups is 1. The van der Waals surface area contributed by atoms with Gasteiger partial charge in [0.1, 0.15) is 5.69 Å². The van der Waals surface area contributed by atoms with Crippen LogP contribution in [0.3, 0.4) is 0 Å². The number of fused-ring (bicyclic) bond motifs is 1. The van der Waals surface area contributed by atoms with E-state index in [0.717, 1.165) is 16.5 Å². The second kappa shape index (κ2) is 6.10. The first-order valence-electron chi connectivity index (χ1n) is 6.68. The molecule has 0 unspecified atom stereocenters. The molecule has 0 spiro atoms. The molecule has 1 aromatic carbocycles. The van der Waals surface area contributed by atoms with Gasteiger partial charge < -0.3 is 9.88 Å². The Labute approximate surface area is 130 Å². The summed E-state index contributed by atoms with van der Waals surface area (Å²) in [5.41, 5.74) is 1.59. The van der Waals surface area contributed by atoms with E-state index in [1.807, 2.05) is 12.3 Å².